The van der Waals surface area contributed by atoms with Crippen molar-refractivity contribution in [1.29, 1.82) is 0 Å². The highest BCUT2D eigenvalue weighted by atomic mass is 32.2. The van der Waals surface area contributed by atoms with Crippen LogP contribution in [-0.2, 0) is 9.53 Å². The Hall–Kier alpha value is -2.35. The molecule has 1 aromatic carbocycles. The monoisotopic (exact) mass is 346 g/mol. The Morgan fingerprint density at radius 3 is 2.88 bits per heavy atom. The van der Waals surface area contributed by atoms with Crippen molar-refractivity contribution in [3.63, 3.8) is 0 Å². The molecule has 2 heterocycles. The van der Waals surface area contributed by atoms with Gasteiger partial charge in [-0.05, 0) is 18.6 Å². The van der Waals surface area contributed by atoms with Crippen LogP contribution in [0.5, 0.6) is 0 Å². The van der Waals surface area contributed by atoms with Gasteiger partial charge in [0.25, 0.3) is 5.91 Å². The number of hydrogen-bond donors (Lipinski definition) is 0. The average molecular weight is 346 g/mol. The number of benzene rings is 1. The van der Waals surface area contributed by atoms with E-state index in [0.29, 0.717) is 24.5 Å². The van der Waals surface area contributed by atoms with Gasteiger partial charge in [-0.3, -0.25) is 9.59 Å². The van der Waals surface area contributed by atoms with E-state index in [2.05, 4.69) is 14.9 Å². The Balaban J connectivity index is 1.59. The van der Waals surface area contributed by atoms with Crippen molar-refractivity contribution in [1.82, 2.24) is 19.9 Å². The molecule has 3 rings (SSSR count). The van der Waals surface area contributed by atoms with Crippen LogP contribution in [0.15, 0.2) is 36.5 Å². The van der Waals surface area contributed by atoms with Crippen molar-refractivity contribution in [2.45, 2.75) is 11.7 Å². The molecule has 24 heavy (non-hydrogen) atoms. The van der Waals surface area contributed by atoms with Crippen molar-refractivity contribution < 1.29 is 14.3 Å². The van der Waals surface area contributed by atoms with E-state index in [4.69, 9.17) is 0 Å². The van der Waals surface area contributed by atoms with Crippen molar-refractivity contribution in [3.05, 3.63) is 42.2 Å². The molecule has 126 valence electrons. The van der Waals surface area contributed by atoms with Crippen molar-refractivity contribution >= 4 is 23.6 Å². The first kappa shape index (κ1) is 16.5. The standard InChI is InChI=1S/C16H18N4O3S/c1-23-15(21)11-24-13-7-8-19(10-13)16(22)14-9-17-20(18-14)12-5-3-2-4-6-12/h2-6,9,13H,7-8,10-11H2,1H3/t13-/m1/s1. The molecule has 1 aliphatic rings. The van der Waals surface area contributed by atoms with Crippen molar-refractivity contribution in [2.24, 2.45) is 0 Å². The zero-order chi connectivity index (χ0) is 16.9. The van der Waals surface area contributed by atoms with Gasteiger partial charge in [0.15, 0.2) is 5.69 Å². The number of rotatable bonds is 5. The first-order valence-corrected chi connectivity index (χ1v) is 8.67. The number of thioether (sulfide) groups is 1. The van der Waals surface area contributed by atoms with E-state index in [-0.39, 0.29) is 17.1 Å². The number of nitrogens with zero attached hydrogens (tertiary/aromatic N) is 4. The molecule has 1 saturated heterocycles. The molecule has 7 nitrogen and oxygen atoms in total. The summed E-state index contributed by atoms with van der Waals surface area (Å²) in [5.74, 6) is -0.0538. The Labute approximate surface area is 144 Å². The molecule has 0 saturated carbocycles. The minimum atomic E-state index is -0.240. The van der Waals surface area contributed by atoms with E-state index in [1.54, 1.807) is 4.90 Å². The van der Waals surface area contributed by atoms with Crippen LogP contribution in [0.3, 0.4) is 0 Å². The number of esters is 1. The Bertz CT molecular complexity index is 719. The van der Waals surface area contributed by atoms with Gasteiger partial charge in [-0.15, -0.1) is 16.9 Å². The molecule has 0 radical (unpaired) electrons. The molecule has 1 amide bonds. The topological polar surface area (TPSA) is 77.3 Å². The van der Waals surface area contributed by atoms with Gasteiger partial charge in [0.2, 0.25) is 0 Å². The average Bonchev–Trinajstić information content (AvgIpc) is 3.29. The number of likely N-dealkylation sites (tertiary alicyclic amines) is 1. The number of carbonyl (C=O) groups excluding carboxylic acids is 2. The van der Waals surface area contributed by atoms with Gasteiger partial charge in [-0.2, -0.15) is 9.90 Å². The normalized spacial score (nSPS) is 17.0. The second-order valence-electron chi connectivity index (χ2n) is 5.40. The van der Waals surface area contributed by atoms with E-state index in [1.165, 1.54) is 29.9 Å². The van der Waals surface area contributed by atoms with Crippen LogP contribution in [0.1, 0.15) is 16.9 Å². The molecular formula is C16H18N4O3S. The molecule has 1 fully saturated rings. The van der Waals surface area contributed by atoms with Crippen LogP contribution >= 0.6 is 11.8 Å². The predicted octanol–water partition coefficient (Wildman–Crippen LogP) is 1.39. The summed E-state index contributed by atoms with van der Waals surface area (Å²) in [5.41, 5.74) is 1.14. The van der Waals surface area contributed by atoms with Gasteiger partial charge in [0, 0.05) is 18.3 Å². The summed E-state index contributed by atoms with van der Waals surface area (Å²) in [4.78, 5) is 26.9. The summed E-state index contributed by atoms with van der Waals surface area (Å²) in [7, 11) is 1.38. The fraction of sp³-hybridized carbons (Fsp3) is 0.375. The molecular weight excluding hydrogens is 328 g/mol. The number of ether oxygens (including phenoxy) is 1. The fourth-order valence-electron chi connectivity index (χ4n) is 2.50. The highest BCUT2D eigenvalue weighted by molar-refractivity contribution is 8.00. The third kappa shape index (κ3) is 3.76. The maximum absolute atomic E-state index is 12.5. The zero-order valence-corrected chi connectivity index (χ0v) is 14.1. The third-order valence-corrected chi connectivity index (χ3v) is 5.05. The SMILES string of the molecule is COC(=O)CS[C@@H]1CCN(C(=O)c2cnn(-c3ccccc3)n2)C1. The minimum Gasteiger partial charge on any atom is -0.468 e. The zero-order valence-electron chi connectivity index (χ0n) is 13.3. The molecule has 0 N–H and O–H groups in total. The molecule has 0 spiro atoms. The summed E-state index contributed by atoms with van der Waals surface area (Å²) in [5, 5.41) is 8.68. The molecule has 1 aliphatic heterocycles. The molecule has 8 heteroatoms. The number of aromatic nitrogens is 3. The molecule has 0 aliphatic carbocycles. The molecule has 0 bridgehead atoms. The lowest BCUT2D eigenvalue weighted by Gasteiger charge is -2.14. The van der Waals surface area contributed by atoms with E-state index in [0.717, 1.165) is 12.1 Å². The third-order valence-electron chi connectivity index (χ3n) is 3.79. The van der Waals surface area contributed by atoms with Crippen LogP contribution in [0.25, 0.3) is 5.69 Å². The first-order chi connectivity index (χ1) is 11.7. The van der Waals surface area contributed by atoms with Crippen LogP contribution in [-0.4, -0.2) is 63.0 Å². The number of methoxy groups -OCH3 is 1. The van der Waals surface area contributed by atoms with E-state index >= 15 is 0 Å². The van der Waals surface area contributed by atoms with Crippen molar-refractivity contribution in [2.75, 3.05) is 26.0 Å². The molecule has 1 atom stereocenters. The van der Waals surface area contributed by atoms with Gasteiger partial charge in [0.05, 0.1) is 24.7 Å². The van der Waals surface area contributed by atoms with Gasteiger partial charge in [0.1, 0.15) is 0 Å². The fourth-order valence-corrected chi connectivity index (χ4v) is 3.55. The lowest BCUT2D eigenvalue weighted by molar-refractivity contribution is -0.137. The summed E-state index contributed by atoms with van der Waals surface area (Å²) < 4.78 is 4.64. The van der Waals surface area contributed by atoms with Gasteiger partial charge in [-0.25, -0.2) is 0 Å². The largest absolute Gasteiger partial charge is 0.468 e. The van der Waals surface area contributed by atoms with Crippen LogP contribution in [0.4, 0.5) is 0 Å². The Morgan fingerprint density at radius 2 is 2.12 bits per heavy atom. The summed E-state index contributed by atoms with van der Waals surface area (Å²) in [6, 6.07) is 9.45. The van der Waals surface area contributed by atoms with Crippen LogP contribution in [0.2, 0.25) is 0 Å². The summed E-state index contributed by atoms with van der Waals surface area (Å²) in [6.07, 6.45) is 2.35. The molecule has 2 aromatic rings. The molecule has 0 unspecified atom stereocenters. The second kappa shape index (κ2) is 7.48. The summed E-state index contributed by atoms with van der Waals surface area (Å²) >= 11 is 1.53. The first-order valence-electron chi connectivity index (χ1n) is 7.63. The smallest absolute Gasteiger partial charge is 0.315 e. The number of para-hydroxylation sites is 1. The maximum atomic E-state index is 12.5. The van der Waals surface area contributed by atoms with Crippen LogP contribution < -0.4 is 0 Å². The lowest BCUT2D eigenvalue weighted by Crippen LogP contribution is -2.29. The van der Waals surface area contributed by atoms with Gasteiger partial charge < -0.3 is 9.64 Å². The highest BCUT2D eigenvalue weighted by Crippen LogP contribution is 2.23. The Kier molecular flexibility index (Phi) is 5.14. The minimum absolute atomic E-state index is 0.127. The quantitative estimate of drug-likeness (QED) is 0.762. The summed E-state index contributed by atoms with van der Waals surface area (Å²) in [6.45, 7) is 1.27. The van der Waals surface area contributed by atoms with E-state index < -0.39 is 0 Å². The van der Waals surface area contributed by atoms with E-state index in [9.17, 15) is 9.59 Å². The van der Waals surface area contributed by atoms with Gasteiger partial charge in [-0.1, -0.05) is 18.2 Å². The number of hydrogen-bond acceptors (Lipinski definition) is 6. The Morgan fingerprint density at radius 1 is 1.33 bits per heavy atom. The van der Waals surface area contributed by atoms with Crippen LogP contribution in [0, 0.1) is 0 Å². The molecule has 1 aromatic heterocycles. The lowest BCUT2D eigenvalue weighted by atomic mass is 10.3. The second-order valence-corrected chi connectivity index (χ2v) is 6.69. The van der Waals surface area contributed by atoms with Crippen molar-refractivity contribution in [3.8, 4) is 5.69 Å². The van der Waals surface area contributed by atoms with Gasteiger partial charge >= 0.3 is 5.97 Å². The maximum Gasteiger partial charge on any atom is 0.315 e. The number of amides is 1. The predicted molar refractivity (Wildman–Crippen MR) is 90.1 cm³/mol. The highest BCUT2D eigenvalue weighted by Gasteiger charge is 2.29. The van der Waals surface area contributed by atoms with E-state index in [1.807, 2.05) is 30.3 Å². The number of carbonyl (C=O) groups is 2.